The maximum absolute atomic E-state index is 12.7. The molecule has 2 N–H and O–H groups in total. The van der Waals surface area contributed by atoms with E-state index in [0.717, 1.165) is 33.5 Å². The summed E-state index contributed by atoms with van der Waals surface area (Å²) in [5.74, 6) is 0.466. The summed E-state index contributed by atoms with van der Waals surface area (Å²) in [6.45, 7) is 2.88. The number of ether oxygens (including phenoxy) is 1. The van der Waals surface area contributed by atoms with Crippen LogP contribution in [-0.2, 0) is 14.6 Å². The van der Waals surface area contributed by atoms with E-state index in [1.165, 1.54) is 0 Å². The first-order valence-electron chi connectivity index (χ1n) is 10.5. The van der Waals surface area contributed by atoms with Crippen molar-refractivity contribution in [2.24, 2.45) is 0 Å². The fourth-order valence-electron chi connectivity index (χ4n) is 3.30. The van der Waals surface area contributed by atoms with Crippen molar-refractivity contribution < 1.29 is 23.1 Å². The van der Waals surface area contributed by atoms with E-state index < -0.39 is 15.8 Å². The third kappa shape index (κ3) is 7.37. The number of halogens is 1. The van der Waals surface area contributed by atoms with Gasteiger partial charge in [-0.25, -0.2) is 13.2 Å². The molecule has 3 aromatic rings. The molecule has 3 rings (SSSR count). The van der Waals surface area contributed by atoms with Crippen molar-refractivity contribution in [1.82, 2.24) is 5.32 Å². The summed E-state index contributed by atoms with van der Waals surface area (Å²) >= 11 is 7.83. The van der Waals surface area contributed by atoms with Crippen molar-refractivity contribution in [3.05, 3.63) is 65.2 Å². The largest absolute Gasteiger partial charge is 0.482 e. The van der Waals surface area contributed by atoms with Crippen LogP contribution in [0.15, 0.2) is 64.4 Å². The van der Waals surface area contributed by atoms with Crippen molar-refractivity contribution in [3.63, 3.8) is 0 Å². The van der Waals surface area contributed by atoms with Crippen LogP contribution in [-0.4, -0.2) is 50.7 Å². The molecule has 0 unspecified atom stereocenters. The Balaban J connectivity index is 1.39. The summed E-state index contributed by atoms with van der Waals surface area (Å²) in [7, 11) is -3.36. The van der Waals surface area contributed by atoms with Crippen LogP contribution in [0.4, 0.5) is 0 Å². The number of carboxylic acid groups (broad SMARTS) is 1. The van der Waals surface area contributed by atoms with E-state index in [2.05, 4.69) is 5.32 Å². The van der Waals surface area contributed by atoms with Gasteiger partial charge in [-0.05, 0) is 67.2 Å². The highest BCUT2D eigenvalue weighted by Crippen LogP contribution is 2.27. The van der Waals surface area contributed by atoms with Gasteiger partial charge >= 0.3 is 5.97 Å². The smallest absolute Gasteiger partial charge is 0.341 e. The SMILES string of the molecule is Cc1cc(SCCNCCCS(=O)(=O)c2ccc3c(Cl)cccc3c2)ccc1OCC(=O)O. The van der Waals surface area contributed by atoms with Gasteiger partial charge in [-0.2, -0.15) is 0 Å². The Hall–Kier alpha value is -2.26. The molecule has 0 heterocycles. The van der Waals surface area contributed by atoms with Crippen molar-refractivity contribution in [3.8, 4) is 5.75 Å². The number of aryl methyl sites for hydroxylation is 1. The van der Waals surface area contributed by atoms with Gasteiger partial charge < -0.3 is 15.2 Å². The van der Waals surface area contributed by atoms with E-state index in [1.807, 2.05) is 31.2 Å². The van der Waals surface area contributed by atoms with Crippen molar-refractivity contribution in [2.45, 2.75) is 23.1 Å². The Bertz CT molecular complexity index is 1230. The summed E-state index contributed by atoms with van der Waals surface area (Å²) in [6.07, 6.45) is 0.523. The van der Waals surface area contributed by atoms with Gasteiger partial charge in [0.25, 0.3) is 0 Å². The molecule has 0 saturated heterocycles. The van der Waals surface area contributed by atoms with Crippen LogP contribution in [0, 0.1) is 6.92 Å². The van der Waals surface area contributed by atoms with Crippen LogP contribution < -0.4 is 10.1 Å². The fraction of sp³-hybridized carbons (Fsp3) is 0.292. The molecule has 0 saturated carbocycles. The topological polar surface area (TPSA) is 92.7 Å². The van der Waals surface area contributed by atoms with Crippen LogP contribution in [0.5, 0.6) is 5.75 Å². The Kier molecular flexibility index (Phi) is 9.02. The summed E-state index contributed by atoms with van der Waals surface area (Å²) in [5.41, 5.74) is 0.885. The zero-order chi connectivity index (χ0) is 23.8. The lowest BCUT2D eigenvalue weighted by molar-refractivity contribution is -0.139. The number of thioether (sulfide) groups is 1. The molecule has 0 aliphatic rings. The van der Waals surface area contributed by atoms with Crippen LogP contribution in [0.25, 0.3) is 10.8 Å². The molecule has 0 atom stereocenters. The normalized spacial score (nSPS) is 11.6. The first kappa shape index (κ1) is 25.4. The Morgan fingerprint density at radius 1 is 1.12 bits per heavy atom. The maximum Gasteiger partial charge on any atom is 0.341 e. The predicted octanol–water partition coefficient (Wildman–Crippen LogP) is 4.81. The molecule has 6 nitrogen and oxygen atoms in total. The highest BCUT2D eigenvalue weighted by molar-refractivity contribution is 7.99. The van der Waals surface area contributed by atoms with E-state index in [1.54, 1.807) is 42.1 Å². The van der Waals surface area contributed by atoms with Gasteiger partial charge in [0.05, 0.1) is 10.6 Å². The average Bonchev–Trinajstić information content (AvgIpc) is 2.77. The Labute approximate surface area is 203 Å². The molecule has 0 radical (unpaired) electrons. The van der Waals surface area contributed by atoms with Crippen LogP contribution in [0.2, 0.25) is 5.02 Å². The molecule has 0 amide bonds. The van der Waals surface area contributed by atoms with Gasteiger partial charge in [0, 0.05) is 27.6 Å². The van der Waals surface area contributed by atoms with Gasteiger partial charge in [0.1, 0.15) is 5.75 Å². The minimum absolute atomic E-state index is 0.0796. The maximum atomic E-state index is 12.7. The average molecular weight is 508 g/mol. The molecule has 0 aliphatic carbocycles. The van der Waals surface area contributed by atoms with Crippen molar-refractivity contribution in [1.29, 1.82) is 0 Å². The molecule has 0 aliphatic heterocycles. The first-order chi connectivity index (χ1) is 15.8. The molecule has 9 heteroatoms. The molecule has 3 aromatic carbocycles. The molecular formula is C24H26ClNO5S2. The highest BCUT2D eigenvalue weighted by Gasteiger charge is 2.15. The van der Waals surface area contributed by atoms with Crippen LogP contribution in [0.1, 0.15) is 12.0 Å². The molecular weight excluding hydrogens is 482 g/mol. The molecule has 176 valence electrons. The van der Waals surface area contributed by atoms with Crippen LogP contribution >= 0.6 is 23.4 Å². The second kappa shape index (κ2) is 11.7. The number of rotatable bonds is 12. The monoisotopic (exact) mass is 507 g/mol. The zero-order valence-electron chi connectivity index (χ0n) is 18.2. The van der Waals surface area contributed by atoms with Gasteiger partial charge in [-0.1, -0.05) is 29.8 Å². The minimum atomic E-state index is -3.36. The number of hydrogen-bond donors (Lipinski definition) is 2. The van der Waals surface area contributed by atoms with Gasteiger partial charge in [-0.3, -0.25) is 0 Å². The van der Waals surface area contributed by atoms with E-state index >= 15 is 0 Å². The van der Waals surface area contributed by atoms with E-state index in [0.29, 0.717) is 28.6 Å². The summed E-state index contributed by atoms with van der Waals surface area (Å²) in [5, 5.41) is 14.2. The lowest BCUT2D eigenvalue weighted by Gasteiger charge is -2.10. The van der Waals surface area contributed by atoms with E-state index in [9.17, 15) is 13.2 Å². The molecule has 0 aromatic heterocycles. The van der Waals surface area contributed by atoms with Crippen molar-refractivity contribution in [2.75, 3.05) is 31.2 Å². The van der Waals surface area contributed by atoms with E-state index in [-0.39, 0.29) is 12.4 Å². The second-order valence-corrected chi connectivity index (χ2v) is 11.2. The predicted molar refractivity (Wildman–Crippen MR) is 134 cm³/mol. The van der Waals surface area contributed by atoms with Gasteiger partial charge in [0.15, 0.2) is 16.4 Å². The molecule has 0 fully saturated rings. The number of hydrogen-bond acceptors (Lipinski definition) is 6. The third-order valence-corrected chi connectivity index (χ3v) is 8.09. The number of sulfone groups is 1. The second-order valence-electron chi connectivity index (χ2n) is 7.50. The number of carbonyl (C=O) groups is 1. The Morgan fingerprint density at radius 2 is 1.94 bits per heavy atom. The fourth-order valence-corrected chi connectivity index (χ4v) is 5.79. The summed E-state index contributed by atoms with van der Waals surface area (Å²) < 4.78 is 30.6. The summed E-state index contributed by atoms with van der Waals surface area (Å²) in [6, 6.07) is 16.2. The number of benzene rings is 3. The third-order valence-electron chi connectivity index (χ3n) is 4.97. The van der Waals surface area contributed by atoms with Crippen molar-refractivity contribution >= 4 is 49.9 Å². The lowest BCUT2D eigenvalue weighted by atomic mass is 10.1. The standard InChI is InChI=1S/C24H26ClNO5S2/c1-17-14-19(6-9-23(17)31-16-24(27)28)32-12-11-26-10-3-13-33(29,30)20-7-8-21-18(15-20)4-2-5-22(21)25/h2,4-9,14-15,26H,3,10-13,16H2,1H3,(H,27,28). The highest BCUT2D eigenvalue weighted by atomic mass is 35.5. The summed E-state index contributed by atoms with van der Waals surface area (Å²) in [4.78, 5) is 12.0. The van der Waals surface area contributed by atoms with Gasteiger partial charge in [0.2, 0.25) is 0 Å². The Morgan fingerprint density at radius 3 is 2.70 bits per heavy atom. The molecule has 0 spiro atoms. The molecule has 0 bridgehead atoms. The number of carboxylic acids is 1. The number of nitrogens with one attached hydrogen (secondary N) is 1. The van der Waals surface area contributed by atoms with Crippen LogP contribution in [0.3, 0.4) is 0 Å². The zero-order valence-corrected chi connectivity index (χ0v) is 20.6. The number of aliphatic carboxylic acids is 1. The molecule has 33 heavy (non-hydrogen) atoms. The quantitative estimate of drug-likeness (QED) is 0.268. The van der Waals surface area contributed by atoms with Gasteiger partial charge in [-0.15, -0.1) is 11.8 Å². The lowest BCUT2D eigenvalue weighted by Crippen LogP contribution is -2.21. The first-order valence-corrected chi connectivity index (χ1v) is 13.5. The minimum Gasteiger partial charge on any atom is -0.482 e. The van der Waals surface area contributed by atoms with E-state index in [4.69, 9.17) is 21.4 Å². The number of fused-ring (bicyclic) bond motifs is 1.